The molecule has 2 saturated carbocycles. The van der Waals surface area contributed by atoms with E-state index < -0.39 is 0 Å². The second kappa shape index (κ2) is 5.51. The summed E-state index contributed by atoms with van der Waals surface area (Å²) in [5, 5.41) is 4.08. The lowest BCUT2D eigenvalue weighted by Gasteiger charge is -2.15. The maximum atomic E-state index is 12.2. The highest BCUT2D eigenvalue weighted by molar-refractivity contribution is 5.85. The number of ether oxygens (including phenoxy) is 1. The number of hydrazone groups is 1. The minimum Gasteiger partial charge on any atom is -0.497 e. The summed E-state index contributed by atoms with van der Waals surface area (Å²) >= 11 is 0. The number of benzene rings is 1. The van der Waals surface area contributed by atoms with Gasteiger partial charge in [0.2, 0.25) is 5.91 Å². The van der Waals surface area contributed by atoms with Crippen molar-refractivity contribution >= 4 is 12.1 Å². The molecule has 3 atom stereocenters. The fourth-order valence-electron chi connectivity index (χ4n) is 3.78. The summed E-state index contributed by atoms with van der Waals surface area (Å²) in [6, 6.07) is 7.57. The van der Waals surface area contributed by atoms with Crippen molar-refractivity contribution in [1.82, 2.24) is 5.43 Å². The van der Waals surface area contributed by atoms with Crippen molar-refractivity contribution in [3.63, 3.8) is 0 Å². The molecule has 0 unspecified atom stereocenters. The molecule has 1 aromatic carbocycles. The Hall–Kier alpha value is -1.84. The molecule has 2 aliphatic carbocycles. The Bertz CT molecular complexity index is 552. The van der Waals surface area contributed by atoms with Crippen LogP contribution in [-0.4, -0.2) is 19.2 Å². The zero-order valence-corrected chi connectivity index (χ0v) is 12.6. The first-order valence-corrected chi connectivity index (χ1v) is 7.62. The van der Waals surface area contributed by atoms with Crippen LogP contribution in [0.3, 0.4) is 0 Å². The third-order valence-corrected chi connectivity index (χ3v) is 5.12. The number of nitrogens with one attached hydrogen (secondary N) is 1. The highest BCUT2D eigenvalue weighted by Crippen LogP contribution is 2.66. The maximum Gasteiger partial charge on any atom is 0.244 e. The molecule has 0 saturated heterocycles. The molecule has 1 N–H and O–H groups in total. The van der Waals surface area contributed by atoms with E-state index in [0.29, 0.717) is 5.92 Å². The number of rotatable bonds is 4. The SMILES string of the molecule is COc1ccc(/C=N\NC(=O)[C@@H]2[C@H]3CCCC[C@]32C)cc1. The van der Waals surface area contributed by atoms with E-state index in [1.807, 2.05) is 24.3 Å². The molecule has 0 aromatic heterocycles. The fourth-order valence-corrected chi connectivity index (χ4v) is 3.78. The summed E-state index contributed by atoms with van der Waals surface area (Å²) in [4.78, 5) is 12.2. The van der Waals surface area contributed by atoms with Gasteiger partial charge >= 0.3 is 0 Å². The third kappa shape index (κ3) is 2.67. The van der Waals surface area contributed by atoms with Gasteiger partial charge < -0.3 is 4.74 Å². The first kappa shape index (κ1) is 14.1. The van der Waals surface area contributed by atoms with E-state index >= 15 is 0 Å². The van der Waals surface area contributed by atoms with Crippen molar-refractivity contribution in [2.75, 3.05) is 7.11 Å². The second-order valence-corrected chi connectivity index (χ2v) is 6.34. The Kier molecular flexibility index (Phi) is 3.70. The number of carbonyl (C=O) groups is 1. The van der Waals surface area contributed by atoms with Gasteiger partial charge in [0.1, 0.15) is 5.75 Å². The first-order chi connectivity index (χ1) is 10.1. The molecule has 1 aromatic rings. The highest BCUT2D eigenvalue weighted by atomic mass is 16.5. The molecule has 1 amide bonds. The Labute approximate surface area is 125 Å². The monoisotopic (exact) mass is 286 g/mol. The van der Waals surface area contributed by atoms with Gasteiger partial charge in [0.25, 0.3) is 0 Å². The number of fused-ring (bicyclic) bond motifs is 1. The van der Waals surface area contributed by atoms with Crippen molar-refractivity contribution in [3.05, 3.63) is 29.8 Å². The van der Waals surface area contributed by atoms with Crippen LogP contribution in [-0.2, 0) is 4.79 Å². The van der Waals surface area contributed by atoms with E-state index in [0.717, 1.165) is 11.3 Å². The largest absolute Gasteiger partial charge is 0.497 e. The molecule has 21 heavy (non-hydrogen) atoms. The molecule has 0 heterocycles. The zero-order valence-electron chi connectivity index (χ0n) is 12.6. The standard InChI is InChI=1S/C17H22N2O2/c1-17-10-4-3-5-14(17)15(17)16(20)19-18-11-12-6-8-13(21-2)9-7-12/h6-9,11,14-15H,3-5,10H2,1-2H3,(H,19,20)/b18-11-/t14-,15+,17-/m1/s1. The van der Waals surface area contributed by atoms with Gasteiger partial charge in [-0.1, -0.05) is 19.8 Å². The number of nitrogens with zero attached hydrogens (tertiary/aromatic N) is 1. The topological polar surface area (TPSA) is 50.7 Å². The summed E-state index contributed by atoms with van der Waals surface area (Å²) < 4.78 is 5.10. The van der Waals surface area contributed by atoms with E-state index in [2.05, 4.69) is 17.5 Å². The van der Waals surface area contributed by atoms with Gasteiger partial charge in [0.05, 0.1) is 13.3 Å². The highest BCUT2D eigenvalue weighted by Gasteiger charge is 2.64. The average Bonchev–Trinajstić information content (AvgIpc) is 3.13. The maximum absolute atomic E-state index is 12.2. The van der Waals surface area contributed by atoms with Crippen LogP contribution >= 0.6 is 0 Å². The van der Waals surface area contributed by atoms with E-state index in [9.17, 15) is 4.79 Å². The number of amides is 1. The molecule has 0 radical (unpaired) electrons. The third-order valence-electron chi connectivity index (χ3n) is 5.12. The molecule has 0 bridgehead atoms. The van der Waals surface area contributed by atoms with E-state index in [4.69, 9.17) is 4.74 Å². The minimum atomic E-state index is 0.0779. The predicted octanol–water partition coefficient (Wildman–Crippen LogP) is 2.97. The van der Waals surface area contributed by atoms with Crippen LogP contribution in [0.25, 0.3) is 0 Å². The van der Waals surface area contributed by atoms with Crippen LogP contribution in [0.15, 0.2) is 29.4 Å². The lowest BCUT2D eigenvalue weighted by Crippen LogP contribution is -2.22. The Balaban J connectivity index is 1.55. The van der Waals surface area contributed by atoms with Crippen molar-refractivity contribution in [2.24, 2.45) is 22.4 Å². The van der Waals surface area contributed by atoms with Crippen molar-refractivity contribution in [3.8, 4) is 5.75 Å². The zero-order chi connectivity index (χ0) is 14.9. The van der Waals surface area contributed by atoms with Gasteiger partial charge in [-0.15, -0.1) is 0 Å². The number of carbonyl (C=O) groups excluding carboxylic acids is 1. The Morgan fingerprint density at radius 1 is 1.38 bits per heavy atom. The normalized spacial score (nSPS) is 30.8. The van der Waals surface area contributed by atoms with Crippen LogP contribution in [0.1, 0.15) is 38.2 Å². The molecule has 2 aliphatic rings. The summed E-state index contributed by atoms with van der Waals surface area (Å²) in [7, 11) is 1.64. The van der Waals surface area contributed by atoms with Crippen molar-refractivity contribution < 1.29 is 9.53 Å². The minimum absolute atomic E-state index is 0.0779. The van der Waals surface area contributed by atoms with Crippen molar-refractivity contribution in [2.45, 2.75) is 32.6 Å². The predicted molar refractivity (Wildman–Crippen MR) is 82.3 cm³/mol. The molecule has 4 heteroatoms. The number of methoxy groups -OCH3 is 1. The van der Waals surface area contributed by atoms with Crippen LogP contribution in [0.5, 0.6) is 5.75 Å². The molecule has 112 valence electrons. The van der Waals surface area contributed by atoms with Crippen LogP contribution in [0.4, 0.5) is 0 Å². The molecular weight excluding hydrogens is 264 g/mol. The Morgan fingerprint density at radius 3 is 2.76 bits per heavy atom. The van der Waals surface area contributed by atoms with Crippen LogP contribution in [0, 0.1) is 17.3 Å². The van der Waals surface area contributed by atoms with E-state index in [-0.39, 0.29) is 17.2 Å². The van der Waals surface area contributed by atoms with E-state index in [1.54, 1.807) is 13.3 Å². The second-order valence-electron chi connectivity index (χ2n) is 6.34. The lowest BCUT2D eigenvalue weighted by atomic mass is 9.90. The summed E-state index contributed by atoms with van der Waals surface area (Å²) in [5.74, 6) is 1.62. The average molecular weight is 286 g/mol. The molecule has 0 aliphatic heterocycles. The van der Waals surface area contributed by atoms with Gasteiger partial charge in [-0.2, -0.15) is 5.10 Å². The fraction of sp³-hybridized carbons (Fsp3) is 0.529. The number of hydrogen-bond donors (Lipinski definition) is 1. The molecule has 4 nitrogen and oxygen atoms in total. The summed E-state index contributed by atoms with van der Waals surface area (Å²) in [6.07, 6.45) is 6.56. The van der Waals surface area contributed by atoms with Gasteiger partial charge in [-0.3, -0.25) is 4.79 Å². The summed E-state index contributed by atoms with van der Waals surface area (Å²) in [5.41, 5.74) is 3.88. The first-order valence-electron chi connectivity index (χ1n) is 7.62. The van der Waals surface area contributed by atoms with Gasteiger partial charge in [-0.05, 0) is 54.0 Å². The summed E-state index contributed by atoms with van der Waals surface area (Å²) in [6.45, 7) is 2.24. The van der Waals surface area contributed by atoms with E-state index in [1.165, 1.54) is 25.7 Å². The van der Waals surface area contributed by atoms with Crippen LogP contribution in [0.2, 0.25) is 0 Å². The van der Waals surface area contributed by atoms with Crippen LogP contribution < -0.4 is 10.2 Å². The molecule has 3 rings (SSSR count). The van der Waals surface area contributed by atoms with Crippen molar-refractivity contribution in [1.29, 1.82) is 0 Å². The van der Waals surface area contributed by atoms with Gasteiger partial charge in [0.15, 0.2) is 0 Å². The lowest BCUT2D eigenvalue weighted by molar-refractivity contribution is -0.123. The smallest absolute Gasteiger partial charge is 0.244 e. The molecular formula is C17H22N2O2. The molecule has 0 spiro atoms. The number of hydrogen-bond acceptors (Lipinski definition) is 3. The Morgan fingerprint density at radius 2 is 2.14 bits per heavy atom. The van der Waals surface area contributed by atoms with Gasteiger partial charge in [-0.25, -0.2) is 5.43 Å². The molecule has 2 fully saturated rings. The van der Waals surface area contributed by atoms with Gasteiger partial charge in [0, 0.05) is 5.92 Å². The quantitative estimate of drug-likeness (QED) is 0.683.